The van der Waals surface area contributed by atoms with Crippen molar-refractivity contribution in [2.45, 2.75) is 57.8 Å². The van der Waals surface area contributed by atoms with Crippen molar-refractivity contribution in [2.75, 3.05) is 11.9 Å². The number of nitrogens with zero attached hydrogens (tertiary/aromatic N) is 3. The molecule has 27 heavy (non-hydrogen) atoms. The minimum atomic E-state index is -3.51. The van der Waals surface area contributed by atoms with Gasteiger partial charge in [-0.3, -0.25) is 14.3 Å². The lowest BCUT2D eigenvalue weighted by Gasteiger charge is -2.33. The molecule has 9 nitrogen and oxygen atoms in total. The first-order valence-corrected chi connectivity index (χ1v) is 8.22. The van der Waals surface area contributed by atoms with Crippen LogP contribution in [0.5, 0.6) is 0 Å². The van der Waals surface area contributed by atoms with Crippen molar-refractivity contribution >= 4 is 17.8 Å². The number of carbonyl (C=O) groups is 2. The summed E-state index contributed by atoms with van der Waals surface area (Å²) in [6.45, 7) is 5.18. The summed E-state index contributed by atoms with van der Waals surface area (Å²) in [5.74, 6) is -4.10. The van der Waals surface area contributed by atoms with Crippen LogP contribution in [-0.4, -0.2) is 55.7 Å². The number of ether oxygens (including phenoxy) is 1. The zero-order chi connectivity index (χ0) is 20.6. The third-order valence-electron chi connectivity index (χ3n) is 3.76. The normalized spacial score (nSPS) is 21.8. The van der Waals surface area contributed by atoms with Crippen molar-refractivity contribution in [3.63, 3.8) is 0 Å². The van der Waals surface area contributed by atoms with Gasteiger partial charge in [0, 0.05) is 19.5 Å². The molecule has 0 aliphatic carbocycles. The van der Waals surface area contributed by atoms with E-state index >= 15 is 0 Å². The first-order valence-electron chi connectivity index (χ1n) is 8.22. The largest absolute Gasteiger partial charge is 0.444 e. The summed E-state index contributed by atoms with van der Waals surface area (Å²) in [6, 6.07) is -0.0694. The summed E-state index contributed by atoms with van der Waals surface area (Å²) in [6.07, 6.45) is -2.93. The Labute approximate surface area is 153 Å². The van der Waals surface area contributed by atoms with Gasteiger partial charge in [0.1, 0.15) is 11.4 Å². The molecule has 2 amide bonds. The predicted molar refractivity (Wildman–Crippen MR) is 90.3 cm³/mol. The van der Waals surface area contributed by atoms with E-state index in [1.807, 2.05) is 0 Å². The Morgan fingerprint density at radius 1 is 1.44 bits per heavy atom. The van der Waals surface area contributed by atoms with Gasteiger partial charge in [0.05, 0.1) is 12.6 Å². The molecule has 2 rings (SSSR count). The van der Waals surface area contributed by atoms with Crippen LogP contribution >= 0.6 is 0 Å². The van der Waals surface area contributed by atoms with Crippen molar-refractivity contribution in [1.82, 2.24) is 14.5 Å². The number of rotatable bonds is 3. The molecule has 2 atom stereocenters. The number of hydrogen-bond acceptors (Lipinski definition) is 6. The molecule has 1 aliphatic rings. The number of aliphatic hydroxyl groups excluding tert-OH is 1. The van der Waals surface area contributed by atoms with E-state index in [1.54, 1.807) is 20.8 Å². The van der Waals surface area contributed by atoms with E-state index in [2.05, 4.69) is 10.3 Å². The maximum atomic E-state index is 14.6. The molecule has 0 spiro atoms. The van der Waals surface area contributed by atoms with E-state index in [1.165, 1.54) is 13.0 Å². The summed E-state index contributed by atoms with van der Waals surface area (Å²) in [5.41, 5.74) is -2.05. The molecular weight excluding hydrogens is 366 g/mol. The van der Waals surface area contributed by atoms with Gasteiger partial charge in [0.15, 0.2) is 6.17 Å². The second-order valence-electron chi connectivity index (χ2n) is 7.25. The van der Waals surface area contributed by atoms with Crippen LogP contribution < -0.4 is 11.0 Å². The molecule has 2 N–H and O–H groups in total. The highest BCUT2D eigenvalue weighted by atomic mass is 19.3. The van der Waals surface area contributed by atoms with E-state index in [0.717, 1.165) is 6.20 Å². The molecular formula is C16H22F2N4O5. The quantitative estimate of drug-likeness (QED) is 0.808. The summed E-state index contributed by atoms with van der Waals surface area (Å²) in [7, 11) is 0. The fourth-order valence-corrected chi connectivity index (χ4v) is 2.82. The van der Waals surface area contributed by atoms with Crippen LogP contribution in [0.25, 0.3) is 0 Å². The third kappa shape index (κ3) is 4.59. The molecule has 0 radical (unpaired) electrons. The lowest BCUT2D eigenvalue weighted by Crippen LogP contribution is -2.48. The van der Waals surface area contributed by atoms with Gasteiger partial charge in [0.2, 0.25) is 5.91 Å². The Morgan fingerprint density at radius 2 is 2.07 bits per heavy atom. The molecule has 1 aromatic rings. The number of aromatic nitrogens is 2. The summed E-state index contributed by atoms with van der Waals surface area (Å²) >= 11 is 0. The first kappa shape index (κ1) is 20.7. The van der Waals surface area contributed by atoms with Crippen molar-refractivity contribution in [2.24, 2.45) is 0 Å². The molecule has 0 unspecified atom stereocenters. The van der Waals surface area contributed by atoms with Gasteiger partial charge in [-0.05, 0) is 26.8 Å². The first-order chi connectivity index (χ1) is 12.4. The van der Waals surface area contributed by atoms with Crippen molar-refractivity contribution in [1.29, 1.82) is 0 Å². The van der Waals surface area contributed by atoms with E-state index in [-0.39, 0.29) is 5.82 Å². The van der Waals surface area contributed by atoms with Crippen LogP contribution in [0.1, 0.15) is 40.3 Å². The van der Waals surface area contributed by atoms with Crippen LogP contribution in [0, 0.1) is 0 Å². The SMILES string of the molecule is CC(=O)Nc1ccn([C@@H]2N(C(=O)OC(C)(C)C)[C@H](CO)CC2(F)F)c(=O)n1. The average Bonchev–Trinajstić information content (AvgIpc) is 2.76. The monoisotopic (exact) mass is 388 g/mol. The highest BCUT2D eigenvalue weighted by Crippen LogP contribution is 2.44. The number of likely N-dealkylation sites (tertiary alicyclic amines) is 1. The van der Waals surface area contributed by atoms with Crippen LogP contribution in [-0.2, 0) is 9.53 Å². The minimum absolute atomic E-state index is 0.104. The molecule has 1 aromatic heterocycles. The average molecular weight is 388 g/mol. The second kappa shape index (κ2) is 7.22. The molecule has 0 aromatic carbocycles. The Morgan fingerprint density at radius 3 is 2.56 bits per heavy atom. The number of carbonyl (C=O) groups excluding carboxylic acids is 2. The molecule has 0 saturated carbocycles. The van der Waals surface area contributed by atoms with Crippen LogP contribution in [0.2, 0.25) is 0 Å². The highest BCUT2D eigenvalue weighted by molar-refractivity contribution is 5.87. The maximum absolute atomic E-state index is 14.6. The molecule has 150 valence electrons. The zero-order valence-corrected chi connectivity index (χ0v) is 15.4. The predicted octanol–water partition coefficient (Wildman–Crippen LogP) is 1.34. The number of alkyl halides is 2. The standard InChI is InChI=1S/C16H22F2N4O5/c1-9(24)19-11-5-6-21(13(25)20-11)12-16(17,18)7-10(8-23)22(12)14(26)27-15(2,3)4/h5-6,10,12,23H,7-8H2,1-4H3,(H,19,20,24,25)/t10-,12+/m0/s1. The molecule has 1 aliphatic heterocycles. The number of nitrogens with one attached hydrogen (secondary N) is 1. The lowest BCUT2D eigenvalue weighted by molar-refractivity contribution is -0.114. The Bertz CT molecular complexity index is 790. The lowest BCUT2D eigenvalue weighted by atomic mass is 10.2. The van der Waals surface area contributed by atoms with Crippen LogP contribution in [0.3, 0.4) is 0 Å². The number of amides is 2. The topological polar surface area (TPSA) is 114 Å². The van der Waals surface area contributed by atoms with E-state index in [4.69, 9.17) is 4.74 Å². The van der Waals surface area contributed by atoms with Gasteiger partial charge < -0.3 is 15.2 Å². The summed E-state index contributed by atoms with van der Waals surface area (Å²) < 4.78 is 35.0. The molecule has 11 heteroatoms. The zero-order valence-electron chi connectivity index (χ0n) is 15.4. The number of anilines is 1. The molecule has 1 fully saturated rings. The van der Waals surface area contributed by atoms with Crippen LogP contribution in [0.15, 0.2) is 17.1 Å². The summed E-state index contributed by atoms with van der Waals surface area (Å²) in [4.78, 5) is 40.0. The Balaban J connectivity index is 2.48. The fraction of sp³-hybridized carbons (Fsp3) is 0.625. The van der Waals surface area contributed by atoms with Crippen molar-refractivity contribution < 1.29 is 28.2 Å². The van der Waals surface area contributed by atoms with Gasteiger partial charge >= 0.3 is 11.8 Å². The van der Waals surface area contributed by atoms with E-state index in [9.17, 15) is 28.3 Å². The molecule has 1 saturated heterocycles. The Kier molecular flexibility index (Phi) is 5.55. The van der Waals surface area contributed by atoms with Gasteiger partial charge in [-0.25, -0.2) is 18.4 Å². The molecule has 2 heterocycles. The van der Waals surface area contributed by atoms with Gasteiger partial charge in [-0.2, -0.15) is 4.98 Å². The smallest absolute Gasteiger partial charge is 0.412 e. The van der Waals surface area contributed by atoms with Gasteiger partial charge in [-0.15, -0.1) is 0 Å². The number of halogens is 2. The van der Waals surface area contributed by atoms with Crippen molar-refractivity contribution in [3.05, 3.63) is 22.7 Å². The maximum Gasteiger partial charge on any atom is 0.412 e. The van der Waals surface area contributed by atoms with Crippen molar-refractivity contribution in [3.8, 4) is 0 Å². The van der Waals surface area contributed by atoms with Gasteiger partial charge in [0.25, 0.3) is 5.92 Å². The summed E-state index contributed by atoms with van der Waals surface area (Å²) in [5, 5.41) is 11.7. The number of hydrogen-bond donors (Lipinski definition) is 2. The highest BCUT2D eigenvalue weighted by Gasteiger charge is 2.58. The van der Waals surface area contributed by atoms with E-state index in [0.29, 0.717) is 9.47 Å². The number of aliphatic hydroxyl groups is 1. The molecule has 0 bridgehead atoms. The van der Waals surface area contributed by atoms with Gasteiger partial charge in [-0.1, -0.05) is 0 Å². The van der Waals surface area contributed by atoms with E-state index < -0.39 is 54.4 Å². The second-order valence-corrected chi connectivity index (χ2v) is 7.25. The Hall–Kier alpha value is -2.56. The fourth-order valence-electron chi connectivity index (χ4n) is 2.82. The minimum Gasteiger partial charge on any atom is -0.444 e. The third-order valence-corrected chi connectivity index (χ3v) is 3.76. The van der Waals surface area contributed by atoms with Crippen LogP contribution in [0.4, 0.5) is 19.4 Å².